The van der Waals surface area contributed by atoms with E-state index < -0.39 is 5.91 Å². The van der Waals surface area contributed by atoms with E-state index in [1.54, 1.807) is 29.7 Å². The normalized spacial score (nSPS) is 11.1. The third kappa shape index (κ3) is 4.04. The number of likely N-dealkylation sites (N-methyl/N-ethyl adjacent to an activating group) is 1. The van der Waals surface area contributed by atoms with Crippen LogP contribution >= 0.6 is 15.9 Å². The van der Waals surface area contributed by atoms with Crippen LogP contribution in [0.1, 0.15) is 10.4 Å². The highest BCUT2D eigenvalue weighted by molar-refractivity contribution is 9.10. The number of anilines is 2. The largest absolute Gasteiger partial charge is 0.326 e. The van der Waals surface area contributed by atoms with Crippen LogP contribution in [0.5, 0.6) is 0 Å². The maximum Gasteiger partial charge on any atom is 0.274 e. The molecule has 3 aromatic rings. The lowest BCUT2D eigenvalue weighted by atomic mass is 10.2. The molecular weight excluding hydrogens is 398 g/mol. The van der Waals surface area contributed by atoms with Gasteiger partial charge in [-0.05, 0) is 56.6 Å². The van der Waals surface area contributed by atoms with Crippen LogP contribution in [0.25, 0.3) is 11.0 Å². The predicted octanol–water partition coefficient (Wildman–Crippen LogP) is 3.22. The number of hydrogen-bond acceptors (Lipinski definition) is 5. The quantitative estimate of drug-likeness (QED) is 0.423. The number of hydrogen-bond donors (Lipinski definition) is 3. The summed E-state index contributed by atoms with van der Waals surface area (Å²) in [6, 6.07) is 12.9. The number of rotatable bonds is 6. The second-order valence-corrected chi connectivity index (χ2v) is 7.08. The third-order valence-corrected chi connectivity index (χ3v) is 4.48. The number of carbonyl (C=O) groups excluding carboxylic acids is 1. The van der Waals surface area contributed by atoms with Gasteiger partial charge in [-0.3, -0.25) is 10.0 Å². The maximum atomic E-state index is 11.4. The van der Waals surface area contributed by atoms with E-state index in [1.807, 2.05) is 32.3 Å². The van der Waals surface area contributed by atoms with Crippen molar-refractivity contribution < 1.29 is 10.0 Å². The van der Waals surface area contributed by atoms with Crippen molar-refractivity contribution in [2.45, 2.75) is 6.54 Å². The van der Waals surface area contributed by atoms with Crippen LogP contribution in [-0.2, 0) is 6.54 Å². The average molecular weight is 418 g/mol. The van der Waals surface area contributed by atoms with E-state index in [1.165, 1.54) is 0 Å². The van der Waals surface area contributed by atoms with Gasteiger partial charge < -0.3 is 14.8 Å². The molecule has 0 bridgehead atoms. The highest BCUT2D eigenvalue weighted by Gasteiger charge is 2.12. The molecular formula is C18H20BrN5O2. The first kappa shape index (κ1) is 18.4. The number of imidazole rings is 1. The van der Waals surface area contributed by atoms with Gasteiger partial charge in [0.15, 0.2) is 0 Å². The Hall–Kier alpha value is -2.42. The lowest BCUT2D eigenvalue weighted by Gasteiger charge is -2.14. The Morgan fingerprint density at radius 2 is 1.96 bits per heavy atom. The number of nitrogens with one attached hydrogen (secondary N) is 2. The van der Waals surface area contributed by atoms with Gasteiger partial charge in [0.05, 0.1) is 11.0 Å². The van der Waals surface area contributed by atoms with Crippen molar-refractivity contribution in [2.24, 2.45) is 0 Å². The molecule has 1 amide bonds. The summed E-state index contributed by atoms with van der Waals surface area (Å²) >= 11 is 3.49. The first-order valence-corrected chi connectivity index (χ1v) is 8.89. The number of fused-ring (bicyclic) bond motifs is 1. The summed E-state index contributed by atoms with van der Waals surface area (Å²) in [5.41, 5.74) is 4.76. The molecule has 0 radical (unpaired) electrons. The Morgan fingerprint density at radius 1 is 1.23 bits per heavy atom. The van der Waals surface area contributed by atoms with Gasteiger partial charge in [-0.1, -0.05) is 15.9 Å². The summed E-state index contributed by atoms with van der Waals surface area (Å²) in [5.74, 6) is 0.193. The van der Waals surface area contributed by atoms with Crippen molar-refractivity contribution in [2.75, 3.05) is 26.0 Å². The molecule has 8 heteroatoms. The fraction of sp³-hybridized carbons (Fsp3) is 0.222. The Bertz CT molecular complexity index is 921. The molecule has 7 nitrogen and oxygen atoms in total. The van der Waals surface area contributed by atoms with Gasteiger partial charge in [-0.25, -0.2) is 10.5 Å². The van der Waals surface area contributed by atoms with E-state index in [-0.39, 0.29) is 0 Å². The molecule has 136 valence electrons. The fourth-order valence-electron chi connectivity index (χ4n) is 2.62. The Labute approximate surface area is 159 Å². The van der Waals surface area contributed by atoms with Gasteiger partial charge >= 0.3 is 0 Å². The minimum Gasteiger partial charge on any atom is -0.326 e. The molecule has 0 saturated carbocycles. The number of benzene rings is 2. The van der Waals surface area contributed by atoms with Crippen molar-refractivity contribution >= 4 is 44.5 Å². The summed E-state index contributed by atoms with van der Waals surface area (Å²) in [7, 11) is 4.07. The molecule has 0 aliphatic heterocycles. The Morgan fingerprint density at radius 3 is 2.62 bits per heavy atom. The lowest BCUT2D eigenvalue weighted by molar-refractivity contribution is 0.0706. The third-order valence-electron chi connectivity index (χ3n) is 3.99. The van der Waals surface area contributed by atoms with Crippen molar-refractivity contribution in [1.29, 1.82) is 0 Å². The van der Waals surface area contributed by atoms with Gasteiger partial charge in [0.25, 0.3) is 5.91 Å². The highest BCUT2D eigenvalue weighted by Crippen LogP contribution is 2.25. The number of halogens is 1. The van der Waals surface area contributed by atoms with Crippen molar-refractivity contribution in [3.05, 3.63) is 52.5 Å². The highest BCUT2D eigenvalue weighted by atomic mass is 79.9. The SMILES string of the molecule is CN(C)CCn1c(Nc2ccc(C(=O)NO)cc2)nc2cc(Br)ccc21. The zero-order valence-electron chi connectivity index (χ0n) is 14.5. The van der Waals surface area contributed by atoms with Crippen molar-refractivity contribution in [3.63, 3.8) is 0 Å². The zero-order valence-corrected chi connectivity index (χ0v) is 16.1. The van der Waals surface area contributed by atoms with Crippen LogP contribution in [0.2, 0.25) is 0 Å². The van der Waals surface area contributed by atoms with E-state index in [4.69, 9.17) is 10.2 Å². The summed E-state index contributed by atoms with van der Waals surface area (Å²) in [5, 5.41) is 12.0. The van der Waals surface area contributed by atoms with Gasteiger partial charge in [0, 0.05) is 28.8 Å². The van der Waals surface area contributed by atoms with Gasteiger partial charge in [0.1, 0.15) is 0 Å². The topological polar surface area (TPSA) is 82.4 Å². The van der Waals surface area contributed by atoms with Crippen LogP contribution in [0.3, 0.4) is 0 Å². The molecule has 2 aromatic carbocycles. The van der Waals surface area contributed by atoms with Crippen LogP contribution in [0.4, 0.5) is 11.6 Å². The maximum absolute atomic E-state index is 11.4. The Balaban J connectivity index is 1.92. The minimum atomic E-state index is -0.542. The number of nitrogens with zero attached hydrogens (tertiary/aromatic N) is 3. The van der Waals surface area contributed by atoms with Gasteiger partial charge in [-0.2, -0.15) is 0 Å². The summed E-state index contributed by atoms with van der Waals surface area (Å²) in [6.07, 6.45) is 0. The molecule has 0 aliphatic rings. The predicted molar refractivity (Wildman–Crippen MR) is 105 cm³/mol. The first-order valence-electron chi connectivity index (χ1n) is 8.10. The minimum absolute atomic E-state index is 0.378. The van der Waals surface area contributed by atoms with Crippen LogP contribution < -0.4 is 10.8 Å². The number of carbonyl (C=O) groups is 1. The molecule has 0 saturated heterocycles. The van der Waals surface area contributed by atoms with Crippen molar-refractivity contribution in [3.8, 4) is 0 Å². The molecule has 3 rings (SSSR count). The number of amides is 1. The standard InChI is InChI=1S/C18H20BrN5O2/c1-23(2)9-10-24-16-8-5-13(19)11-15(16)21-18(24)20-14-6-3-12(4-7-14)17(25)22-26/h3-8,11,26H,9-10H2,1-2H3,(H,20,21)(H,22,25). The monoisotopic (exact) mass is 417 g/mol. The molecule has 0 fully saturated rings. The molecule has 1 aromatic heterocycles. The second kappa shape index (κ2) is 7.86. The zero-order chi connectivity index (χ0) is 18.7. The summed E-state index contributed by atoms with van der Waals surface area (Å²) in [4.78, 5) is 18.3. The second-order valence-electron chi connectivity index (χ2n) is 6.17. The van der Waals surface area contributed by atoms with Crippen LogP contribution in [0, 0.1) is 0 Å². The van der Waals surface area contributed by atoms with E-state index in [9.17, 15) is 4.79 Å². The first-order chi connectivity index (χ1) is 12.5. The fourth-order valence-corrected chi connectivity index (χ4v) is 2.97. The van der Waals surface area contributed by atoms with Crippen LogP contribution in [-0.4, -0.2) is 46.2 Å². The lowest BCUT2D eigenvalue weighted by Crippen LogP contribution is -2.19. The van der Waals surface area contributed by atoms with Crippen molar-refractivity contribution in [1.82, 2.24) is 19.9 Å². The molecule has 1 heterocycles. The van der Waals surface area contributed by atoms with Gasteiger partial charge in [0.2, 0.25) is 5.95 Å². The average Bonchev–Trinajstić information content (AvgIpc) is 2.95. The summed E-state index contributed by atoms with van der Waals surface area (Å²) in [6.45, 7) is 1.67. The van der Waals surface area contributed by atoms with Gasteiger partial charge in [-0.15, -0.1) is 0 Å². The molecule has 0 spiro atoms. The van der Waals surface area contributed by atoms with E-state index in [2.05, 4.69) is 30.7 Å². The smallest absolute Gasteiger partial charge is 0.274 e. The Kier molecular flexibility index (Phi) is 5.55. The number of aromatic nitrogens is 2. The molecule has 0 aliphatic carbocycles. The molecule has 0 atom stereocenters. The van der Waals surface area contributed by atoms with E-state index >= 15 is 0 Å². The van der Waals surface area contributed by atoms with E-state index in [0.717, 1.165) is 40.2 Å². The van der Waals surface area contributed by atoms with Crippen LogP contribution in [0.15, 0.2) is 46.9 Å². The molecule has 26 heavy (non-hydrogen) atoms. The number of hydroxylamine groups is 1. The van der Waals surface area contributed by atoms with E-state index in [0.29, 0.717) is 5.56 Å². The molecule has 0 unspecified atom stereocenters. The summed E-state index contributed by atoms with van der Waals surface area (Å²) < 4.78 is 3.11. The molecule has 3 N–H and O–H groups in total.